The van der Waals surface area contributed by atoms with Crippen LogP contribution in [0.15, 0.2) is 29.5 Å². The highest BCUT2D eigenvalue weighted by Crippen LogP contribution is 2.67. The molecule has 1 unspecified atom stereocenters. The number of aliphatic imine (C=N–C) groups is 1. The molecule has 4 atom stereocenters. The average Bonchev–Trinajstić information content (AvgIpc) is 3.52. The van der Waals surface area contributed by atoms with E-state index in [-0.39, 0.29) is 46.8 Å². The number of nitrogens with two attached hydrogens (primary N) is 1. The summed E-state index contributed by atoms with van der Waals surface area (Å²) >= 11 is 1.14. The molecule has 1 fully saturated rings. The molecule has 0 amide bonds. The fourth-order valence-electron chi connectivity index (χ4n) is 4.38. The van der Waals surface area contributed by atoms with Crippen molar-refractivity contribution in [3.63, 3.8) is 0 Å². The zero-order valence-corrected chi connectivity index (χ0v) is 18.8. The smallest absolute Gasteiger partial charge is 0.233 e. The first-order valence-electron chi connectivity index (χ1n) is 10.2. The maximum atomic E-state index is 14.9. The molecule has 0 saturated heterocycles. The summed E-state index contributed by atoms with van der Waals surface area (Å²) in [6.45, 7) is 3.06. The number of benzene rings is 1. The van der Waals surface area contributed by atoms with Crippen molar-refractivity contribution < 1.29 is 22.7 Å². The molecule has 2 heterocycles. The first kappa shape index (κ1) is 23.1. The van der Waals surface area contributed by atoms with Crippen molar-refractivity contribution in [3.05, 3.63) is 53.0 Å². The number of nitrogens with zero attached hydrogens (tertiary/aromatic N) is 3. The quantitative estimate of drug-likeness (QED) is 0.487. The van der Waals surface area contributed by atoms with E-state index in [1.54, 1.807) is 6.92 Å². The zero-order valence-electron chi connectivity index (χ0n) is 17.9. The Hall–Kier alpha value is -3.06. The number of Topliss-reactive ketones (excluding diaryl/α,β-unsaturated/α-hetero) is 1. The topological polar surface area (TPSA) is 90.5 Å². The van der Waals surface area contributed by atoms with Crippen molar-refractivity contribution in [2.24, 2.45) is 16.6 Å². The number of rotatable bonds is 7. The fraction of sp³-hybridized carbons (Fsp3) is 0.391. The minimum absolute atomic E-state index is 0.00728. The number of carbonyl (C=O) groups excluding carboxylic acids is 1. The lowest BCUT2D eigenvalue weighted by molar-refractivity contribution is 0.0987. The molecule has 1 aliphatic heterocycles. The molecule has 1 saturated carbocycles. The van der Waals surface area contributed by atoms with E-state index >= 15 is 0 Å². The fourth-order valence-corrected chi connectivity index (χ4v) is 5.79. The normalized spacial score (nSPS) is 26.5. The molecule has 1 aromatic carbocycles. The number of alkyl halides is 1. The number of ether oxygens (including phenoxy) is 1. The van der Waals surface area contributed by atoms with Gasteiger partial charge >= 0.3 is 0 Å². The molecule has 2 N–H and O–H groups in total. The Labute approximate surface area is 193 Å². The summed E-state index contributed by atoms with van der Waals surface area (Å²) in [7, 11) is 0. The predicted molar refractivity (Wildman–Crippen MR) is 119 cm³/mol. The van der Waals surface area contributed by atoms with E-state index in [0.29, 0.717) is 6.42 Å². The second-order valence-electron chi connectivity index (χ2n) is 8.30. The van der Waals surface area contributed by atoms with Crippen LogP contribution in [-0.4, -0.2) is 38.4 Å². The highest BCUT2D eigenvalue weighted by Gasteiger charge is 2.69. The number of aromatic nitrogens is 2. The lowest BCUT2D eigenvalue weighted by Gasteiger charge is -2.35. The Balaban J connectivity index is 1.63. The number of thioether (sulfide) groups is 1. The molecule has 2 aliphatic rings. The summed E-state index contributed by atoms with van der Waals surface area (Å²) in [5.74, 6) is -0.564. The second-order valence-corrected chi connectivity index (χ2v) is 9.68. The van der Waals surface area contributed by atoms with E-state index in [1.165, 1.54) is 25.4 Å². The van der Waals surface area contributed by atoms with Crippen LogP contribution in [0, 0.1) is 29.9 Å². The van der Waals surface area contributed by atoms with Gasteiger partial charge in [0.2, 0.25) is 5.88 Å². The lowest BCUT2D eigenvalue weighted by Crippen LogP contribution is -2.39. The summed E-state index contributed by atoms with van der Waals surface area (Å²) in [5, 5.41) is 0.124. The highest BCUT2D eigenvalue weighted by molar-refractivity contribution is 8.15. The Morgan fingerprint density at radius 2 is 2.15 bits per heavy atom. The molecular weight excluding hydrogens is 453 g/mol. The number of ketones is 1. The van der Waals surface area contributed by atoms with Gasteiger partial charge in [0, 0.05) is 17.9 Å². The first-order chi connectivity index (χ1) is 15.6. The monoisotopic (exact) mass is 474 g/mol. The SMILES string of the molecule is C#CCOc1cnc(C(=O)Cc2cc(F)c(F)c([C@@]3(C)N=C(N)S[C@@]4(C(C)F)C[C@@H]34)c2)cn1. The van der Waals surface area contributed by atoms with Crippen LogP contribution in [-0.2, 0) is 12.0 Å². The molecule has 10 heteroatoms. The van der Waals surface area contributed by atoms with Gasteiger partial charge in [0.1, 0.15) is 11.9 Å². The van der Waals surface area contributed by atoms with Gasteiger partial charge in [-0.15, -0.1) is 6.42 Å². The standard InChI is InChI=1S/C23H21F3N4O2S/c1-4-5-32-19-11-28-16(10-29-19)17(31)8-13-6-14(20(26)15(25)7-13)22(3)18-9-23(18,12(2)24)33-21(27)30-22/h1,6-7,10-12,18H,5,8-9H2,2-3H3,(H2,27,30)/t12?,18-,22+,23+/m0/s1. The van der Waals surface area contributed by atoms with Gasteiger partial charge < -0.3 is 10.5 Å². The summed E-state index contributed by atoms with van der Waals surface area (Å²) in [4.78, 5) is 25.0. The third kappa shape index (κ3) is 4.06. The molecule has 4 rings (SSSR count). The zero-order chi connectivity index (χ0) is 24.0. The van der Waals surface area contributed by atoms with Crippen LogP contribution < -0.4 is 10.5 Å². The van der Waals surface area contributed by atoms with Gasteiger partial charge in [0.25, 0.3) is 0 Å². The van der Waals surface area contributed by atoms with E-state index in [2.05, 4.69) is 20.9 Å². The van der Waals surface area contributed by atoms with Gasteiger partial charge in [-0.1, -0.05) is 17.7 Å². The third-order valence-corrected chi connectivity index (χ3v) is 7.61. The van der Waals surface area contributed by atoms with Crippen LogP contribution in [0.1, 0.15) is 41.9 Å². The summed E-state index contributed by atoms with van der Waals surface area (Å²) in [6, 6.07) is 2.35. The first-order valence-corrected chi connectivity index (χ1v) is 11.0. The van der Waals surface area contributed by atoms with Crippen molar-refractivity contribution in [2.75, 3.05) is 6.61 Å². The Morgan fingerprint density at radius 3 is 2.79 bits per heavy atom. The molecule has 2 aromatic rings. The van der Waals surface area contributed by atoms with Gasteiger partial charge in [0.15, 0.2) is 29.2 Å². The van der Waals surface area contributed by atoms with Crippen LogP contribution in [0.3, 0.4) is 0 Å². The largest absolute Gasteiger partial charge is 0.463 e. The van der Waals surface area contributed by atoms with E-state index in [0.717, 1.165) is 17.8 Å². The van der Waals surface area contributed by atoms with Gasteiger partial charge in [-0.25, -0.2) is 23.1 Å². The number of hydrogen-bond donors (Lipinski definition) is 1. The lowest BCUT2D eigenvalue weighted by atomic mass is 9.84. The average molecular weight is 475 g/mol. The molecule has 0 radical (unpaired) electrons. The van der Waals surface area contributed by atoms with Crippen LogP contribution in [0.4, 0.5) is 13.2 Å². The van der Waals surface area contributed by atoms with Crippen LogP contribution in [0.25, 0.3) is 0 Å². The van der Waals surface area contributed by atoms with Gasteiger partial charge in [-0.3, -0.25) is 9.79 Å². The molecule has 172 valence electrons. The molecule has 33 heavy (non-hydrogen) atoms. The minimum Gasteiger partial charge on any atom is -0.463 e. The van der Waals surface area contributed by atoms with Crippen LogP contribution >= 0.6 is 11.8 Å². The summed E-state index contributed by atoms with van der Waals surface area (Å²) in [5.41, 5.74) is 4.91. The number of halogens is 3. The Morgan fingerprint density at radius 1 is 1.39 bits per heavy atom. The predicted octanol–water partition coefficient (Wildman–Crippen LogP) is 3.59. The third-order valence-electron chi connectivity index (χ3n) is 6.16. The molecular formula is C23H21F3N4O2S. The van der Waals surface area contributed by atoms with E-state index in [4.69, 9.17) is 16.9 Å². The van der Waals surface area contributed by atoms with E-state index in [1.807, 2.05) is 0 Å². The van der Waals surface area contributed by atoms with Gasteiger partial charge in [-0.2, -0.15) is 0 Å². The molecule has 1 aliphatic carbocycles. The number of carbonyl (C=O) groups is 1. The number of terminal acetylenes is 1. The summed E-state index contributed by atoms with van der Waals surface area (Å²) in [6.07, 6.45) is 6.57. The number of hydrogen-bond acceptors (Lipinski definition) is 7. The van der Waals surface area contributed by atoms with Crippen LogP contribution in [0.2, 0.25) is 0 Å². The highest BCUT2D eigenvalue weighted by atomic mass is 32.2. The van der Waals surface area contributed by atoms with Crippen molar-refractivity contribution in [3.8, 4) is 18.2 Å². The van der Waals surface area contributed by atoms with E-state index in [9.17, 15) is 18.0 Å². The van der Waals surface area contributed by atoms with Crippen molar-refractivity contribution in [1.29, 1.82) is 0 Å². The van der Waals surface area contributed by atoms with E-state index < -0.39 is 33.9 Å². The molecule has 1 aromatic heterocycles. The Kier molecular flexibility index (Phi) is 5.86. The van der Waals surface area contributed by atoms with Gasteiger partial charge in [-0.05, 0) is 38.0 Å². The number of amidine groups is 1. The van der Waals surface area contributed by atoms with Gasteiger partial charge in [0.05, 0.1) is 22.7 Å². The maximum Gasteiger partial charge on any atom is 0.233 e. The maximum absolute atomic E-state index is 14.9. The number of fused-ring (bicyclic) bond motifs is 1. The van der Waals surface area contributed by atoms with Crippen molar-refractivity contribution in [2.45, 2.75) is 43.1 Å². The molecule has 0 spiro atoms. The molecule has 0 bridgehead atoms. The van der Waals surface area contributed by atoms with Crippen LogP contribution in [0.5, 0.6) is 5.88 Å². The summed E-state index contributed by atoms with van der Waals surface area (Å²) < 4.78 is 48.2. The van der Waals surface area contributed by atoms with Crippen molar-refractivity contribution >= 4 is 22.7 Å². The Bertz CT molecular complexity index is 1180. The van der Waals surface area contributed by atoms with Crippen molar-refractivity contribution in [1.82, 2.24) is 9.97 Å². The minimum atomic E-state index is -1.25. The second kappa shape index (κ2) is 8.37. The molecule has 6 nitrogen and oxygen atoms in total.